The molecule has 2 aliphatic heterocycles. The lowest BCUT2D eigenvalue weighted by atomic mass is 9.54. The average Bonchev–Trinajstić information content (AvgIpc) is 4.08. The number of nitrogens with two attached hydrogens (primary N) is 2. The summed E-state index contributed by atoms with van der Waals surface area (Å²) < 4.78 is 28.8. The second kappa shape index (κ2) is 22.0. The maximum absolute atomic E-state index is 14.5. The number of likely N-dealkylation sites (tertiary alicyclic amines) is 1. The number of morpholine rings is 1. The Bertz CT molecular complexity index is 3160. The number of carbonyl (C=O) groups excluding carboxylic acids is 6. The predicted molar refractivity (Wildman–Crippen MR) is 287 cm³/mol. The Morgan fingerprint density at radius 1 is 0.821 bits per heavy atom. The largest absolute Gasteiger partial charge is 0.494 e. The van der Waals surface area contributed by atoms with Crippen molar-refractivity contribution in [2.75, 3.05) is 70.3 Å². The summed E-state index contributed by atoms with van der Waals surface area (Å²) in [5.41, 5.74) is 15.4. The van der Waals surface area contributed by atoms with Crippen molar-refractivity contribution in [3.8, 4) is 11.5 Å². The number of aromatic nitrogens is 6. The SMILES string of the molecule is CCn1nc(C)cc1C(=O)Nc1nc2cc(C(N)=O)cc(OC)c2n1C/C=C/Cn1c(NC(=O)C23CCC(C)(CC2)CC3)nc2cc(C(N)=O)cc(OCCCN3CC4(C3)CN(C(=O)CONC(=O)OC(C)(C)C)CCO4)c21. The van der Waals surface area contributed by atoms with Gasteiger partial charge < -0.3 is 44.4 Å². The number of ether oxygens (including phenoxy) is 4. The maximum atomic E-state index is 14.5. The number of allylic oxidation sites excluding steroid dienone is 2. The summed E-state index contributed by atoms with van der Waals surface area (Å²) in [6.07, 6.45) is 8.82. The van der Waals surface area contributed by atoms with Crippen molar-refractivity contribution in [2.24, 2.45) is 22.3 Å². The molecule has 5 aromatic rings. The van der Waals surface area contributed by atoms with Crippen molar-refractivity contribution in [1.82, 2.24) is 44.2 Å². The van der Waals surface area contributed by atoms with Crippen molar-refractivity contribution >= 4 is 69.6 Å². The minimum atomic E-state index is -0.783. The Morgan fingerprint density at radius 3 is 2.01 bits per heavy atom. The van der Waals surface area contributed by atoms with E-state index in [9.17, 15) is 28.8 Å². The number of hydrogen-bond acceptors (Lipinski definition) is 15. The third kappa shape index (κ3) is 11.8. The van der Waals surface area contributed by atoms with Gasteiger partial charge in [-0.05, 0) is 115 Å². The highest BCUT2D eigenvalue weighted by Gasteiger charge is 2.51. The first-order valence-corrected chi connectivity index (χ1v) is 26.5. The van der Waals surface area contributed by atoms with E-state index in [0.717, 1.165) is 38.5 Å². The van der Waals surface area contributed by atoms with Gasteiger partial charge in [0.1, 0.15) is 39.4 Å². The molecule has 5 heterocycles. The van der Waals surface area contributed by atoms with Crippen LogP contribution in [-0.4, -0.2) is 145 Å². The van der Waals surface area contributed by atoms with Gasteiger partial charge in [0.25, 0.3) is 11.8 Å². The Labute approximate surface area is 451 Å². The highest BCUT2D eigenvalue weighted by atomic mass is 16.7. The molecule has 5 aliphatic rings. The van der Waals surface area contributed by atoms with Gasteiger partial charge in [0.05, 0.1) is 43.6 Å². The molecule has 418 valence electrons. The zero-order valence-corrected chi connectivity index (χ0v) is 45.5. The fourth-order valence-electron chi connectivity index (χ4n) is 11.2. The molecular formula is C54H71N13O11. The number of aryl methyl sites for hydroxylation is 2. The fourth-order valence-corrected chi connectivity index (χ4v) is 11.2. The lowest BCUT2D eigenvalue weighted by Gasteiger charge is -2.54. The molecule has 1 spiro atoms. The van der Waals surface area contributed by atoms with Crippen molar-refractivity contribution in [3.05, 3.63) is 65.0 Å². The zero-order chi connectivity index (χ0) is 55.7. The Hall–Kier alpha value is -7.57. The maximum Gasteiger partial charge on any atom is 0.431 e. The van der Waals surface area contributed by atoms with Crippen molar-refractivity contribution in [1.29, 1.82) is 0 Å². The molecule has 2 saturated heterocycles. The van der Waals surface area contributed by atoms with Gasteiger partial charge in [0.15, 0.2) is 6.61 Å². The van der Waals surface area contributed by atoms with Gasteiger partial charge in [-0.3, -0.25) is 49.0 Å². The molecule has 3 aliphatic carbocycles. The Morgan fingerprint density at radius 2 is 1.42 bits per heavy atom. The minimum Gasteiger partial charge on any atom is -0.494 e. The Balaban J connectivity index is 0.939. The van der Waals surface area contributed by atoms with Crippen LogP contribution in [0.3, 0.4) is 0 Å². The van der Waals surface area contributed by atoms with Gasteiger partial charge in [0.2, 0.25) is 29.6 Å². The van der Waals surface area contributed by atoms with Gasteiger partial charge in [-0.25, -0.2) is 14.8 Å². The molecule has 2 aromatic carbocycles. The molecule has 0 atom stereocenters. The molecule has 3 aromatic heterocycles. The fraction of sp³-hybridized carbons (Fsp3) is 0.537. The van der Waals surface area contributed by atoms with Crippen LogP contribution in [0.2, 0.25) is 0 Å². The molecule has 7 N–H and O–H groups in total. The third-order valence-electron chi connectivity index (χ3n) is 15.4. The zero-order valence-electron chi connectivity index (χ0n) is 45.5. The number of nitrogens with zero attached hydrogens (tertiary/aromatic N) is 8. The number of anilines is 2. The second-order valence-corrected chi connectivity index (χ2v) is 22.3. The first-order valence-electron chi connectivity index (χ1n) is 26.5. The van der Waals surface area contributed by atoms with Gasteiger partial charge in [-0.1, -0.05) is 19.1 Å². The van der Waals surface area contributed by atoms with E-state index in [4.69, 9.17) is 45.2 Å². The molecular weight excluding hydrogens is 1010 g/mol. The number of benzene rings is 2. The summed E-state index contributed by atoms with van der Waals surface area (Å²) in [5, 5.41) is 10.6. The van der Waals surface area contributed by atoms with Gasteiger partial charge in [-0.15, -0.1) is 0 Å². The first kappa shape index (κ1) is 55.2. The molecule has 0 unspecified atom stereocenters. The second-order valence-electron chi connectivity index (χ2n) is 22.3. The standard InChI is InChI=1S/C54H71N13O11/c1-8-67-38(24-33(2)61-67)46(71)59-48-57-36-25-34(44(55)69)27-39(74-7)42(36)65(48)19-9-10-20-66-43-37(58-49(66)60-47(72)53-15-12-52(6,13-16-53)14-17-53)26-35(45(56)70)28-40(43)75-22-11-18-63-30-54(31-63)32-64(21-23-76-54)41(68)29-77-62-50(73)78-51(3,4)5/h9-10,24-28H,8,11-23,29-32H2,1-7H3,(H2,55,69)(H2,56,70)(H,62,73)(H,57,59,71)(H,58,60,72)/b10-9+. The number of hydroxylamine groups is 1. The third-order valence-corrected chi connectivity index (χ3v) is 15.4. The van der Waals surface area contributed by atoms with Crippen LogP contribution < -0.4 is 37.1 Å². The topological polar surface area (TPSA) is 297 Å². The van der Waals surface area contributed by atoms with E-state index in [1.54, 1.807) is 66.1 Å². The highest BCUT2D eigenvalue weighted by molar-refractivity contribution is 6.04. The number of fused-ring (bicyclic) bond motifs is 5. The van der Waals surface area contributed by atoms with Crippen LogP contribution in [0.25, 0.3) is 22.1 Å². The lowest BCUT2D eigenvalue weighted by Crippen LogP contribution is -2.70. The molecule has 24 heteroatoms. The molecule has 3 saturated carbocycles. The molecule has 6 amide bonds. The Kier molecular flexibility index (Phi) is 15.6. The minimum absolute atomic E-state index is 0.0972. The normalized spacial score (nSPS) is 20.0. The number of carbonyl (C=O) groups is 6. The molecule has 78 heavy (non-hydrogen) atoms. The van der Waals surface area contributed by atoms with Crippen molar-refractivity contribution in [3.63, 3.8) is 0 Å². The predicted octanol–water partition coefficient (Wildman–Crippen LogP) is 5.06. The molecule has 0 radical (unpaired) electrons. The van der Waals surface area contributed by atoms with E-state index >= 15 is 0 Å². The van der Waals surface area contributed by atoms with E-state index in [2.05, 4.69) is 33.0 Å². The monoisotopic (exact) mass is 1080 g/mol. The van der Waals surface area contributed by atoms with Crippen LogP contribution in [0.1, 0.15) is 116 Å². The van der Waals surface area contributed by atoms with Crippen LogP contribution in [0.15, 0.2) is 42.5 Å². The number of imidazole rings is 2. The summed E-state index contributed by atoms with van der Waals surface area (Å²) in [4.78, 5) is 97.2. The lowest BCUT2D eigenvalue weighted by molar-refractivity contribution is -0.191. The quantitative estimate of drug-likeness (QED) is 0.0387. The van der Waals surface area contributed by atoms with E-state index in [1.807, 2.05) is 23.6 Å². The average molecular weight is 1080 g/mol. The number of amides is 6. The van der Waals surface area contributed by atoms with E-state index in [0.29, 0.717) is 97.2 Å². The number of rotatable bonds is 20. The summed E-state index contributed by atoms with van der Waals surface area (Å²) in [7, 11) is 1.47. The molecule has 5 fully saturated rings. The highest BCUT2D eigenvalue weighted by Crippen LogP contribution is 2.57. The van der Waals surface area contributed by atoms with Crippen LogP contribution in [0.4, 0.5) is 16.7 Å². The smallest absolute Gasteiger partial charge is 0.431 e. The van der Waals surface area contributed by atoms with Crippen LogP contribution in [0, 0.1) is 17.8 Å². The first-order chi connectivity index (χ1) is 37.1. The van der Waals surface area contributed by atoms with Gasteiger partial charge in [-0.2, -0.15) is 10.6 Å². The van der Waals surface area contributed by atoms with Crippen molar-refractivity contribution < 1.29 is 52.6 Å². The summed E-state index contributed by atoms with van der Waals surface area (Å²) in [6, 6.07) is 7.95. The van der Waals surface area contributed by atoms with Crippen LogP contribution in [-0.2, 0) is 43.5 Å². The van der Waals surface area contributed by atoms with Crippen LogP contribution in [0.5, 0.6) is 11.5 Å². The molecule has 2 bridgehead atoms. The van der Waals surface area contributed by atoms with Crippen molar-refractivity contribution in [2.45, 2.75) is 117 Å². The van der Waals surface area contributed by atoms with Crippen LogP contribution >= 0.6 is 0 Å². The summed E-state index contributed by atoms with van der Waals surface area (Å²) in [6.45, 7) is 14.8. The molecule has 24 nitrogen and oxygen atoms in total. The summed E-state index contributed by atoms with van der Waals surface area (Å²) >= 11 is 0. The van der Waals surface area contributed by atoms with E-state index in [-0.39, 0.29) is 66.6 Å². The number of methoxy groups -OCH3 is 1. The van der Waals surface area contributed by atoms with Gasteiger partial charge in [0, 0.05) is 62.4 Å². The van der Waals surface area contributed by atoms with E-state index < -0.39 is 40.4 Å². The number of primary amides is 2. The molecule has 10 rings (SSSR count). The van der Waals surface area contributed by atoms with E-state index in [1.165, 1.54) is 13.2 Å². The number of hydrogen-bond donors (Lipinski definition) is 5. The van der Waals surface area contributed by atoms with Gasteiger partial charge >= 0.3 is 6.09 Å². The number of nitrogens with one attached hydrogen (secondary N) is 3. The summed E-state index contributed by atoms with van der Waals surface area (Å²) in [5.74, 6) is -1.04.